The number of unbranched alkanes of at least 4 members (excludes halogenated alkanes) is 2. The molecule has 0 aromatic rings. The summed E-state index contributed by atoms with van der Waals surface area (Å²) in [4.78, 5) is 2.17. The number of rotatable bonds is 9. The maximum Gasteiger partial charge on any atom is 0.170 e. The zero-order valence-electron chi connectivity index (χ0n) is 10.2. The van der Waals surface area contributed by atoms with Crippen LogP contribution in [0.25, 0.3) is 0 Å². The molecule has 15 heavy (non-hydrogen) atoms. The van der Waals surface area contributed by atoms with Gasteiger partial charge in [-0.15, -0.1) is 0 Å². The lowest BCUT2D eigenvalue weighted by Crippen LogP contribution is -2.39. The van der Waals surface area contributed by atoms with Crippen LogP contribution in [-0.2, 0) is 11.1 Å². The van der Waals surface area contributed by atoms with Gasteiger partial charge >= 0.3 is 0 Å². The van der Waals surface area contributed by atoms with Crippen molar-refractivity contribution in [1.82, 2.24) is 4.90 Å². The Kier molecular flexibility index (Phi) is 9.35. The van der Waals surface area contributed by atoms with E-state index < -0.39 is 11.1 Å². The van der Waals surface area contributed by atoms with Crippen molar-refractivity contribution in [1.29, 1.82) is 0 Å². The molecule has 0 saturated carbocycles. The standard InChI is InChI=1S/C11H25NO2S/c1-4-7-9-12(10-8-5-2)11(6-3)15(13)14/h11H,4-10H2,1-3H3,(H,13,14). The van der Waals surface area contributed by atoms with Crippen LogP contribution in [0.15, 0.2) is 0 Å². The van der Waals surface area contributed by atoms with Crippen molar-refractivity contribution in [3.05, 3.63) is 0 Å². The summed E-state index contributed by atoms with van der Waals surface area (Å²) in [6.45, 7) is 8.16. The minimum Gasteiger partial charge on any atom is -0.305 e. The molecule has 0 fully saturated rings. The largest absolute Gasteiger partial charge is 0.305 e. The zero-order valence-corrected chi connectivity index (χ0v) is 11.1. The van der Waals surface area contributed by atoms with Gasteiger partial charge in [0.05, 0.1) is 0 Å². The lowest BCUT2D eigenvalue weighted by Gasteiger charge is -2.28. The predicted octanol–water partition coefficient (Wildman–Crippen LogP) is 2.85. The normalized spacial score (nSPS) is 15.5. The van der Waals surface area contributed by atoms with Crippen LogP contribution < -0.4 is 0 Å². The first kappa shape index (κ1) is 15.1. The third kappa shape index (κ3) is 6.28. The second-order valence-electron chi connectivity index (χ2n) is 3.88. The fourth-order valence-electron chi connectivity index (χ4n) is 1.65. The van der Waals surface area contributed by atoms with Crippen molar-refractivity contribution >= 4 is 11.1 Å². The first-order chi connectivity index (χ1) is 7.17. The van der Waals surface area contributed by atoms with Gasteiger partial charge < -0.3 is 4.55 Å². The first-order valence-electron chi connectivity index (χ1n) is 6.01. The third-order valence-electron chi connectivity index (χ3n) is 2.59. The zero-order chi connectivity index (χ0) is 11.7. The number of hydrogen-bond donors (Lipinski definition) is 1. The molecule has 92 valence electrons. The predicted molar refractivity (Wildman–Crippen MR) is 66.2 cm³/mol. The van der Waals surface area contributed by atoms with Crippen LogP contribution in [-0.4, -0.2) is 32.1 Å². The summed E-state index contributed by atoms with van der Waals surface area (Å²) in [7, 11) is 0. The molecule has 0 aliphatic heterocycles. The Balaban J connectivity index is 4.22. The SMILES string of the molecule is CCCCN(CCCC)C(CC)S(=O)O. The minimum absolute atomic E-state index is 0.178. The van der Waals surface area contributed by atoms with Crippen LogP contribution in [0.3, 0.4) is 0 Å². The summed E-state index contributed by atoms with van der Waals surface area (Å²) in [5, 5.41) is -0.178. The molecule has 0 heterocycles. The van der Waals surface area contributed by atoms with Gasteiger partial charge in [-0.25, -0.2) is 4.21 Å². The molecular weight excluding hydrogens is 210 g/mol. The highest BCUT2D eigenvalue weighted by Crippen LogP contribution is 2.10. The van der Waals surface area contributed by atoms with Crippen molar-refractivity contribution in [2.24, 2.45) is 0 Å². The van der Waals surface area contributed by atoms with E-state index in [0.29, 0.717) is 0 Å². The maximum atomic E-state index is 11.2. The van der Waals surface area contributed by atoms with E-state index in [1.807, 2.05) is 6.92 Å². The van der Waals surface area contributed by atoms with Crippen LogP contribution in [0.4, 0.5) is 0 Å². The molecule has 3 nitrogen and oxygen atoms in total. The van der Waals surface area contributed by atoms with Gasteiger partial charge in [0.25, 0.3) is 0 Å². The Morgan fingerprint density at radius 1 is 1.13 bits per heavy atom. The van der Waals surface area contributed by atoms with Gasteiger partial charge in [0, 0.05) is 0 Å². The minimum atomic E-state index is -1.71. The highest BCUT2D eigenvalue weighted by atomic mass is 32.2. The molecule has 0 aromatic heterocycles. The van der Waals surface area contributed by atoms with Crippen LogP contribution >= 0.6 is 0 Å². The van der Waals surface area contributed by atoms with Crippen LogP contribution in [0.1, 0.15) is 52.9 Å². The van der Waals surface area contributed by atoms with Gasteiger partial charge in [-0.2, -0.15) is 0 Å². The average Bonchev–Trinajstić information content (AvgIpc) is 2.21. The van der Waals surface area contributed by atoms with Crippen LogP contribution in [0, 0.1) is 0 Å². The van der Waals surface area contributed by atoms with E-state index in [9.17, 15) is 8.76 Å². The Morgan fingerprint density at radius 2 is 1.60 bits per heavy atom. The quantitative estimate of drug-likeness (QED) is 0.625. The molecule has 2 unspecified atom stereocenters. The van der Waals surface area contributed by atoms with Crippen molar-refractivity contribution in [3.63, 3.8) is 0 Å². The first-order valence-corrected chi connectivity index (χ1v) is 7.18. The van der Waals surface area contributed by atoms with Crippen molar-refractivity contribution in [3.8, 4) is 0 Å². The van der Waals surface area contributed by atoms with E-state index in [-0.39, 0.29) is 5.37 Å². The maximum absolute atomic E-state index is 11.2. The van der Waals surface area contributed by atoms with Gasteiger partial charge in [0.15, 0.2) is 11.1 Å². The molecule has 0 aliphatic carbocycles. The van der Waals surface area contributed by atoms with Crippen molar-refractivity contribution in [2.75, 3.05) is 13.1 Å². The van der Waals surface area contributed by atoms with Gasteiger partial charge in [0.2, 0.25) is 0 Å². The Bertz CT molecular complexity index is 168. The van der Waals surface area contributed by atoms with Crippen LogP contribution in [0.2, 0.25) is 0 Å². The highest BCUT2D eigenvalue weighted by Gasteiger charge is 2.20. The van der Waals surface area contributed by atoms with E-state index >= 15 is 0 Å². The summed E-state index contributed by atoms with van der Waals surface area (Å²) >= 11 is -1.71. The fourth-order valence-corrected chi connectivity index (χ4v) is 2.40. The van der Waals surface area contributed by atoms with E-state index in [1.165, 1.54) is 0 Å². The Labute approximate surface area is 96.5 Å². The smallest absolute Gasteiger partial charge is 0.170 e. The molecule has 0 aromatic carbocycles. The van der Waals surface area contributed by atoms with E-state index in [1.54, 1.807) is 0 Å². The molecule has 2 atom stereocenters. The van der Waals surface area contributed by atoms with Crippen molar-refractivity contribution in [2.45, 2.75) is 58.2 Å². The Hall–Kier alpha value is 0.0700. The summed E-state index contributed by atoms with van der Waals surface area (Å²) in [6.07, 6.45) is 5.24. The van der Waals surface area contributed by atoms with E-state index in [0.717, 1.165) is 45.2 Å². The molecule has 0 spiro atoms. The molecule has 0 amide bonds. The second kappa shape index (κ2) is 9.31. The van der Waals surface area contributed by atoms with E-state index in [2.05, 4.69) is 18.7 Å². The molecule has 0 bridgehead atoms. The molecule has 1 N–H and O–H groups in total. The van der Waals surface area contributed by atoms with Crippen LogP contribution in [0.5, 0.6) is 0 Å². The molecule has 0 saturated heterocycles. The lowest BCUT2D eigenvalue weighted by atomic mass is 10.2. The summed E-state index contributed by atoms with van der Waals surface area (Å²) in [6, 6.07) is 0. The summed E-state index contributed by atoms with van der Waals surface area (Å²) in [5.41, 5.74) is 0. The molecule has 0 aliphatic rings. The molecular formula is C11H25NO2S. The van der Waals surface area contributed by atoms with Gasteiger partial charge in [-0.3, -0.25) is 4.90 Å². The fraction of sp³-hybridized carbons (Fsp3) is 1.00. The average molecular weight is 235 g/mol. The molecule has 0 rings (SSSR count). The third-order valence-corrected chi connectivity index (χ3v) is 3.68. The Morgan fingerprint density at radius 3 is 1.87 bits per heavy atom. The summed E-state index contributed by atoms with van der Waals surface area (Å²) in [5.74, 6) is 0. The molecule has 0 radical (unpaired) electrons. The summed E-state index contributed by atoms with van der Waals surface area (Å²) < 4.78 is 20.4. The monoisotopic (exact) mass is 235 g/mol. The van der Waals surface area contributed by atoms with Gasteiger partial charge in [-0.1, -0.05) is 33.6 Å². The number of hydrogen-bond acceptors (Lipinski definition) is 2. The van der Waals surface area contributed by atoms with Gasteiger partial charge in [-0.05, 0) is 32.4 Å². The van der Waals surface area contributed by atoms with E-state index in [4.69, 9.17) is 0 Å². The lowest BCUT2D eigenvalue weighted by molar-refractivity contribution is 0.233. The topological polar surface area (TPSA) is 40.5 Å². The number of nitrogens with zero attached hydrogens (tertiary/aromatic N) is 1. The second-order valence-corrected chi connectivity index (χ2v) is 4.98. The van der Waals surface area contributed by atoms with Gasteiger partial charge in [0.1, 0.15) is 5.37 Å². The molecule has 4 heteroatoms. The van der Waals surface area contributed by atoms with Crippen molar-refractivity contribution < 1.29 is 8.76 Å². The highest BCUT2D eigenvalue weighted by molar-refractivity contribution is 7.79.